The molecule has 2 heteroatoms. The average molecular weight is 316 g/mol. The third-order valence-corrected chi connectivity index (χ3v) is 4.41. The van der Waals surface area contributed by atoms with E-state index in [1.54, 1.807) is 0 Å². The minimum atomic E-state index is 0.143. The molecule has 0 aliphatic rings. The predicted molar refractivity (Wildman–Crippen MR) is 101 cm³/mol. The van der Waals surface area contributed by atoms with E-state index in [1.165, 1.54) is 16.7 Å². The van der Waals surface area contributed by atoms with Crippen molar-refractivity contribution in [2.24, 2.45) is 5.92 Å². The fourth-order valence-electron chi connectivity index (χ4n) is 3.08. The molecule has 2 nitrogen and oxygen atoms in total. The molecule has 1 N–H and O–H groups in total. The molecule has 0 aliphatic carbocycles. The van der Waals surface area contributed by atoms with Gasteiger partial charge in [0.1, 0.15) is 0 Å². The van der Waals surface area contributed by atoms with Crippen LogP contribution in [0.4, 0.5) is 0 Å². The maximum Gasteiger partial charge on any atom is 0.165 e. The van der Waals surface area contributed by atoms with Crippen molar-refractivity contribution >= 4 is 11.9 Å². The van der Waals surface area contributed by atoms with E-state index in [4.69, 9.17) is 0 Å². The highest BCUT2D eigenvalue weighted by molar-refractivity contribution is 5.98. The molecular weight excluding hydrogens is 282 g/mol. The van der Waals surface area contributed by atoms with Crippen LogP contribution >= 0.6 is 0 Å². The molecule has 0 spiro atoms. The quantitative estimate of drug-likeness (QED) is 0.467. The van der Waals surface area contributed by atoms with Crippen molar-refractivity contribution in [1.82, 2.24) is 5.32 Å². The van der Waals surface area contributed by atoms with Gasteiger partial charge in [0.15, 0.2) is 5.78 Å². The number of nitrogens with one attached hydrogen (secondary N) is 1. The lowest BCUT2D eigenvalue weighted by atomic mass is 9.88. The van der Waals surface area contributed by atoms with Crippen LogP contribution in [0, 0.1) is 19.8 Å². The number of Topliss-reactive ketones (excluding diaryl/α,β-unsaturated/α-hetero) is 1. The van der Waals surface area contributed by atoms with Crippen LogP contribution in [0.5, 0.6) is 0 Å². The lowest BCUT2D eigenvalue weighted by Crippen LogP contribution is -2.20. The molecule has 0 heterocycles. The van der Waals surface area contributed by atoms with Crippen LogP contribution < -0.4 is 5.32 Å². The van der Waals surface area contributed by atoms with Crippen LogP contribution in [0.1, 0.15) is 73.5 Å². The Morgan fingerprint density at radius 3 is 2.35 bits per heavy atom. The maximum atomic E-state index is 12.8. The summed E-state index contributed by atoms with van der Waals surface area (Å²) in [6.45, 7) is 12.6. The van der Waals surface area contributed by atoms with Crippen molar-refractivity contribution < 1.29 is 4.79 Å². The molecule has 1 unspecified atom stereocenters. The lowest BCUT2D eigenvalue weighted by Gasteiger charge is -2.16. The van der Waals surface area contributed by atoms with E-state index < -0.39 is 0 Å². The SMILES string of the molecule is C/C=C/c1c(C)cc(C(=O)C(CC)CCCNCCC)cc1C. The summed E-state index contributed by atoms with van der Waals surface area (Å²) >= 11 is 0. The summed E-state index contributed by atoms with van der Waals surface area (Å²) in [7, 11) is 0. The predicted octanol–water partition coefficient (Wildman–Crippen LogP) is 5.33. The minimum Gasteiger partial charge on any atom is -0.317 e. The Morgan fingerprint density at radius 1 is 1.17 bits per heavy atom. The molecule has 0 saturated heterocycles. The van der Waals surface area contributed by atoms with Crippen molar-refractivity contribution in [2.75, 3.05) is 13.1 Å². The largest absolute Gasteiger partial charge is 0.317 e. The molecule has 0 amide bonds. The zero-order valence-corrected chi connectivity index (χ0v) is 15.5. The number of carbonyl (C=O) groups is 1. The summed E-state index contributed by atoms with van der Waals surface area (Å²) in [5.74, 6) is 0.450. The molecule has 1 aromatic carbocycles. The highest BCUT2D eigenvalue weighted by atomic mass is 16.1. The minimum absolute atomic E-state index is 0.143. The normalized spacial score (nSPS) is 12.7. The van der Waals surface area contributed by atoms with Gasteiger partial charge >= 0.3 is 0 Å². The number of allylic oxidation sites excluding steroid dienone is 1. The van der Waals surface area contributed by atoms with E-state index >= 15 is 0 Å². The molecule has 1 aromatic rings. The Bertz CT molecular complexity index is 508. The van der Waals surface area contributed by atoms with Crippen molar-refractivity contribution in [1.29, 1.82) is 0 Å². The monoisotopic (exact) mass is 315 g/mol. The molecule has 23 heavy (non-hydrogen) atoms. The Hall–Kier alpha value is -1.41. The van der Waals surface area contributed by atoms with Crippen molar-refractivity contribution in [3.63, 3.8) is 0 Å². The zero-order chi connectivity index (χ0) is 17.2. The standard InChI is InChI=1S/C21H33NO/c1-6-10-20-16(4)14-19(15-17(20)5)21(23)18(8-3)11-9-13-22-12-7-2/h6,10,14-15,18,22H,7-9,11-13H2,1-5H3/b10-6+. The van der Waals surface area contributed by atoms with Crippen LogP contribution in [0.15, 0.2) is 18.2 Å². The molecule has 0 fully saturated rings. The molecule has 0 bridgehead atoms. The Kier molecular flexibility index (Phi) is 8.86. The van der Waals surface area contributed by atoms with Gasteiger partial charge in [0, 0.05) is 11.5 Å². The second-order valence-electron chi connectivity index (χ2n) is 6.39. The number of aryl methyl sites for hydroxylation is 2. The highest BCUT2D eigenvalue weighted by Crippen LogP contribution is 2.23. The van der Waals surface area contributed by atoms with E-state index in [1.807, 2.05) is 6.92 Å². The van der Waals surface area contributed by atoms with Gasteiger partial charge in [-0.25, -0.2) is 0 Å². The molecule has 128 valence electrons. The van der Waals surface area contributed by atoms with Gasteiger partial charge in [-0.1, -0.05) is 26.0 Å². The first-order chi connectivity index (χ1) is 11.0. The average Bonchev–Trinajstić information content (AvgIpc) is 2.53. The summed E-state index contributed by atoms with van der Waals surface area (Å²) in [4.78, 5) is 12.8. The lowest BCUT2D eigenvalue weighted by molar-refractivity contribution is 0.0908. The first-order valence-corrected chi connectivity index (χ1v) is 9.03. The summed E-state index contributed by atoms with van der Waals surface area (Å²) in [6, 6.07) is 4.12. The van der Waals surface area contributed by atoms with E-state index in [9.17, 15) is 4.79 Å². The third kappa shape index (κ3) is 5.95. The zero-order valence-electron chi connectivity index (χ0n) is 15.5. The maximum absolute atomic E-state index is 12.8. The number of hydrogen-bond donors (Lipinski definition) is 1. The van der Waals surface area contributed by atoms with Gasteiger partial charge in [-0.05, 0) is 88.4 Å². The number of rotatable bonds is 10. The van der Waals surface area contributed by atoms with Gasteiger partial charge in [-0.2, -0.15) is 0 Å². The van der Waals surface area contributed by atoms with Gasteiger partial charge in [0.25, 0.3) is 0 Å². The topological polar surface area (TPSA) is 29.1 Å². The van der Waals surface area contributed by atoms with Crippen LogP contribution in [0.2, 0.25) is 0 Å². The fourth-order valence-corrected chi connectivity index (χ4v) is 3.08. The van der Waals surface area contributed by atoms with Crippen LogP contribution in [0.3, 0.4) is 0 Å². The van der Waals surface area contributed by atoms with Gasteiger partial charge in [0.2, 0.25) is 0 Å². The number of carbonyl (C=O) groups excluding carboxylic acids is 1. The molecule has 0 aliphatic heterocycles. The second-order valence-corrected chi connectivity index (χ2v) is 6.39. The van der Waals surface area contributed by atoms with Gasteiger partial charge < -0.3 is 5.32 Å². The fraction of sp³-hybridized carbons (Fsp3) is 0.571. The Balaban J connectivity index is 2.77. The molecule has 0 aromatic heterocycles. The van der Waals surface area contributed by atoms with Crippen molar-refractivity contribution in [2.45, 2.75) is 60.3 Å². The van der Waals surface area contributed by atoms with Gasteiger partial charge in [0.05, 0.1) is 0 Å². The van der Waals surface area contributed by atoms with E-state index in [0.29, 0.717) is 5.78 Å². The Labute approximate surface area is 142 Å². The van der Waals surface area contributed by atoms with Crippen LogP contribution in [0.25, 0.3) is 6.08 Å². The van der Waals surface area contributed by atoms with E-state index in [2.05, 4.69) is 57.3 Å². The summed E-state index contributed by atoms with van der Waals surface area (Å²) in [5.41, 5.74) is 4.49. The summed E-state index contributed by atoms with van der Waals surface area (Å²) in [6.07, 6.45) is 8.29. The second kappa shape index (κ2) is 10.4. The molecular formula is C21H33NO. The molecule has 0 saturated carbocycles. The first kappa shape index (κ1) is 19.6. The number of hydrogen-bond acceptors (Lipinski definition) is 2. The van der Waals surface area contributed by atoms with E-state index in [0.717, 1.165) is 44.3 Å². The highest BCUT2D eigenvalue weighted by Gasteiger charge is 2.19. The first-order valence-electron chi connectivity index (χ1n) is 9.03. The van der Waals surface area contributed by atoms with Gasteiger partial charge in [-0.3, -0.25) is 4.79 Å². The summed E-state index contributed by atoms with van der Waals surface area (Å²) in [5, 5.41) is 3.41. The van der Waals surface area contributed by atoms with Crippen LogP contribution in [-0.2, 0) is 0 Å². The smallest absolute Gasteiger partial charge is 0.165 e. The Morgan fingerprint density at radius 2 is 1.83 bits per heavy atom. The van der Waals surface area contributed by atoms with Crippen molar-refractivity contribution in [3.8, 4) is 0 Å². The molecule has 1 rings (SSSR count). The number of benzene rings is 1. The van der Waals surface area contributed by atoms with Crippen molar-refractivity contribution in [3.05, 3.63) is 40.5 Å². The van der Waals surface area contributed by atoms with Crippen LogP contribution in [-0.4, -0.2) is 18.9 Å². The van der Waals surface area contributed by atoms with E-state index in [-0.39, 0.29) is 5.92 Å². The van der Waals surface area contributed by atoms with Gasteiger partial charge in [-0.15, -0.1) is 0 Å². The summed E-state index contributed by atoms with van der Waals surface area (Å²) < 4.78 is 0. The molecule has 1 atom stereocenters. The number of ketones is 1. The molecule has 0 radical (unpaired) electrons. The third-order valence-electron chi connectivity index (χ3n) is 4.41.